The fourth-order valence-electron chi connectivity index (χ4n) is 3.35. The molecule has 164 valence electrons. The van der Waals surface area contributed by atoms with E-state index in [1.807, 2.05) is 12.1 Å². The molecule has 0 radical (unpaired) electrons. The highest BCUT2D eigenvalue weighted by molar-refractivity contribution is 6.00. The summed E-state index contributed by atoms with van der Waals surface area (Å²) in [5.74, 6) is 0.0245. The first kappa shape index (κ1) is 21.2. The fourth-order valence-corrected chi connectivity index (χ4v) is 3.35. The van der Waals surface area contributed by atoms with Gasteiger partial charge in [-0.2, -0.15) is 0 Å². The van der Waals surface area contributed by atoms with Gasteiger partial charge in [-0.1, -0.05) is 0 Å². The van der Waals surface area contributed by atoms with Crippen LogP contribution >= 0.6 is 0 Å². The van der Waals surface area contributed by atoms with Gasteiger partial charge in [0.05, 0.1) is 17.8 Å². The third kappa shape index (κ3) is 5.34. The number of anilines is 4. The summed E-state index contributed by atoms with van der Waals surface area (Å²) in [6.45, 7) is 1.11. The molecule has 1 aromatic carbocycles. The zero-order valence-corrected chi connectivity index (χ0v) is 17.2. The number of nitrogens with one attached hydrogen (secondary N) is 3. The first-order valence-corrected chi connectivity index (χ1v) is 10.2. The monoisotopic (exact) mass is 435 g/mol. The Labute approximate surface area is 184 Å². The molecule has 1 atom stereocenters. The van der Waals surface area contributed by atoms with E-state index >= 15 is 0 Å². The van der Waals surface area contributed by atoms with Crippen LogP contribution in [0.1, 0.15) is 6.42 Å². The molecule has 3 N–H and O–H groups in total. The first-order chi connectivity index (χ1) is 15.6. The Balaban J connectivity index is 1.20. The van der Waals surface area contributed by atoms with Gasteiger partial charge in [0.2, 0.25) is 11.8 Å². The van der Waals surface area contributed by atoms with Crippen molar-refractivity contribution in [1.29, 1.82) is 0 Å². The number of carbonyl (C=O) groups excluding carboxylic acids is 2. The summed E-state index contributed by atoms with van der Waals surface area (Å²) in [6, 6.07) is 12.9. The van der Waals surface area contributed by atoms with Gasteiger partial charge in [0.1, 0.15) is 11.6 Å². The van der Waals surface area contributed by atoms with Gasteiger partial charge in [0.15, 0.2) is 5.82 Å². The predicted molar refractivity (Wildman–Crippen MR) is 118 cm³/mol. The van der Waals surface area contributed by atoms with Gasteiger partial charge in [-0.15, -0.1) is 10.2 Å². The molecule has 2 amide bonds. The average Bonchev–Trinajstić information content (AvgIpc) is 3.20. The molecule has 10 heteroatoms. The van der Waals surface area contributed by atoms with Crippen LogP contribution in [0.3, 0.4) is 0 Å². The lowest BCUT2D eigenvalue weighted by Crippen LogP contribution is -2.35. The second kappa shape index (κ2) is 9.82. The van der Waals surface area contributed by atoms with Crippen LogP contribution in [0.15, 0.2) is 60.9 Å². The molecule has 4 rings (SSSR count). The van der Waals surface area contributed by atoms with Crippen LogP contribution in [-0.4, -0.2) is 46.6 Å². The number of pyridine rings is 1. The van der Waals surface area contributed by atoms with E-state index in [1.54, 1.807) is 24.5 Å². The number of halogens is 1. The molecule has 1 aliphatic heterocycles. The lowest BCUT2D eigenvalue weighted by atomic mass is 10.1. The Bertz CT molecular complexity index is 1060. The zero-order chi connectivity index (χ0) is 22.3. The molecule has 0 saturated carbocycles. The molecule has 0 unspecified atom stereocenters. The maximum Gasteiger partial charge on any atom is 0.227 e. The molecule has 1 saturated heterocycles. The van der Waals surface area contributed by atoms with Crippen molar-refractivity contribution in [2.45, 2.75) is 6.42 Å². The van der Waals surface area contributed by atoms with Crippen molar-refractivity contribution in [2.24, 2.45) is 5.92 Å². The Morgan fingerprint density at radius 3 is 2.56 bits per heavy atom. The van der Waals surface area contributed by atoms with Crippen LogP contribution in [0.4, 0.5) is 27.4 Å². The molecule has 0 bridgehead atoms. The van der Waals surface area contributed by atoms with Crippen LogP contribution in [0, 0.1) is 11.7 Å². The van der Waals surface area contributed by atoms with Crippen molar-refractivity contribution in [3.8, 4) is 0 Å². The summed E-state index contributed by atoms with van der Waals surface area (Å²) in [7, 11) is 0. The van der Waals surface area contributed by atoms with Crippen molar-refractivity contribution in [3.63, 3.8) is 0 Å². The molecule has 0 aliphatic carbocycles. The highest BCUT2D eigenvalue weighted by atomic mass is 19.1. The third-order valence-corrected chi connectivity index (χ3v) is 4.96. The Hall–Kier alpha value is -4.08. The lowest BCUT2D eigenvalue weighted by Gasteiger charge is -2.16. The summed E-state index contributed by atoms with van der Waals surface area (Å²) >= 11 is 0. The number of aromatic nitrogens is 3. The van der Waals surface area contributed by atoms with Gasteiger partial charge < -0.3 is 20.9 Å². The van der Waals surface area contributed by atoms with Crippen molar-refractivity contribution < 1.29 is 14.0 Å². The van der Waals surface area contributed by atoms with Crippen molar-refractivity contribution in [2.75, 3.05) is 35.2 Å². The Morgan fingerprint density at radius 2 is 1.84 bits per heavy atom. The molecular formula is C22H22FN7O2. The van der Waals surface area contributed by atoms with Crippen LogP contribution in [0.5, 0.6) is 0 Å². The van der Waals surface area contributed by atoms with Crippen LogP contribution < -0.4 is 20.9 Å². The van der Waals surface area contributed by atoms with Crippen LogP contribution in [0.25, 0.3) is 0 Å². The highest BCUT2D eigenvalue weighted by Gasteiger charge is 2.34. The fraction of sp³-hybridized carbons (Fsp3) is 0.227. The predicted octanol–water partition coefficient (Wildman–Crippen LogP) is 2.34. The van der Waals surface area contributed by atoms with Crippen molar-refractivity contribution in [1.82, 2.24) is 20.5 Å². The van der Waals surface area contributed by atoms with E-state index in [0.29, 0.717) is 30.4 Å². The number of rotatable bonds is 8. The van der Waals surface area contributed by atoms with Gasteiger partial charge in [0.25, 0.3) is 0 Å². The maximum atomic E-state index is 13.1. The molecule has 2 aromatic heterocycles. The summed E-state index contributed by atoms with van der Waals surface area (Å²) in [6.07, 6.45) is 3.51. The largest absolute Gasteiger partial charge is 0.367 e. The van der Waals surface area contributed by atoms with Gasteiger partial charge >= 0.3 is 0 Å². The first-order valence-electron chi connectivity index (χ1n) is 10.2. The number of hydrogen-bond acceptors (Lipinski definition) is 7. The highest BCUT2D eigenvalue weighted by Crippen LogP contribution is 2.25. The lowest BCUT2D eigenvalue weighted by molar-refractivity contribution is -0.126. The average molecular weight is 435 g/mol. The second-order valence-electron chi connectivity index (χ2n) is 7.27. The summed E-state index contributed by atoms with van der Waals surface area (Å²) in [5.41, 5.74) is 1.40. The minimum Gasteiger partial charge on any atom is -0.367 e. The number of benzene rings is 1. The molecule has 1 fully saturated rings. The molecule has 9 nitrogen and oxygen atoms in total. The van der Waals surface area contributed by atoms with E-state index in [-0.39, 0.29) is 30.6 Å². The topological polar surface area (TPSA) is 112 Å². The minimum absolute atomic E-state index is 0.132. The Morgan fingerprint density at radius 1 is 1.06 bits per heavy atom. The number of amides is 2. The van der Waals surface area contributed by atoms with Crippen LogP contribution in [-0.2, 0) is 9.59 Å². The van der Waals surface area contributed by atoms with Gasteiger partial charge in [-0.3, -0.25) is 14.6 Å². The third-order valence-electron chi connectivity index (χ3n) is 4.96. The van der Waals surface area contributed by atoms with Gasteiger partial charge in [-0.25, -0.2) is 4.39 Å². The molecule has 3 aromatic rings. The normalized spacial score (nSPS) is 15.5. The Kier molecular flexibility index (Phi) is 6.49. The molecule has 32 heavy (non-hydrogen) atoms. The van der Waals surface area contributed by atoms with Crippen LogP contribution in [0.2, 0.25) is 0 Å². The minimum atomic E-state index is -0.440. The summed E-state index contributed by atoms with van der Waals surface area (Å²) in [5, 5.41) is 17.2. The number of nitrogens with zero attached hydrogens (tertiary/aromatic N) is 4. The van der Waals surface area contributed by atoms with Crippen molar-refractivity contribution >= 4 is 34.8 Å². The number of carbonyl (C=O) groups is 2. The quantitative estimate of drug-likeness (QED) is 0.466. The van der Waals surface area contributed by atoms with E-state index in [4.69, 9.17) is 0 Å². The standard InChI is InChI=1S/C22H22FN7O2/c23-16-3-5-18(6-4-16)30-14-15(12-21(30)31)22(32)26-11-10-25-19-7-8-20(29-28-19)27-17-2-1-9-24-13-17/h1-9,13,15H,10-12,14H2,(H,25,28)(H,26,32)(H,27,29)/t15-/m0/s1. The smallest absolute Gasteiger partial charge is 0.227 e. The van der Waals surface area contributed by atoms with E-state index < -0.39 is 5.92 Å². The van der Waals surface area contributed by atoms with Gasteiger partial charge in [-0.05, 0) is 48.5 Å². The van der Waals surface area contributed by atoms with E-state index in [0.717, 1.165) is 5.69 Å². The molecule has 3 heterocycles. The number of hydrogen-bond donors (Lipinski definition) is 3. The SMILES string of the molecule is O=C(NCCNc1ccc(Nc2cccnc2)nn1)[C@H]1CC(=O)N(c2ccc(F)cc2)C1. The van der Waals surface area contributed by atoms with Crippen molar-refractivity contribution in [3.05, 3.63) is 66.7 Å². The summed E-state index contributed by atoms with van der Waals surface area (Å²) < 4.78 is 13.1. The molecular weight excluding hydrogens is 413 g/mol. The zero-order valence-electron chi connectivity index (χ0n) is 17.2. The second-order valence-corrected chi connectivity index (χ2v) is 7.27. The van der Waals surface area contributed by atoms with E-state index in [1.165, 1.54) is 29.2 Å². The van der Waals surface area contributed by atoms with E-state index in [9.17, 15) is 14.0 Å². The van der Waals surface area contributed by atoms with E-state index in [2.05, 4.69) is 31.1 Å². The molecule has 1 aliphatic rings. The summed E-state index contributed by atoms with van der Waals surface area (Å²) in [4.78, 5) is 30.2. The maximum absolute atomic E-state index is 13.1. The molecule has 0 spiro atoms. The van der Waals surface area contributed by atoms with Gasteiger partial charge in [0, 0.05) is 37.9 Å².